The number of rotatable bonds is 8. The quantitative estimate of drug-likeness (QED) is 0.471. The molecule has 3 nitrogen and oxygen atoms in total. The lowest BCUT2D eigenvalue weighted by Crippen LogP contribution is -2.23. The predicted octanol–water partition coefficient (Wildman–Crippen LogP) is 2.28. The van der Waals surface area contributed by atoms with Gasteiger partial charge in [0.05, 0.1) is 0 Å². The number of aliphatic hydroxyl groups excluding tert-OH is 1. The molecule has 0 aromatic rings. The normalized spacial score (nSPS) is 15.7. The first-order valence-electron chi connectivity index (χ1n) is 5.15. The van der Waals surface area contributed by atoms with Gasteiger partial charge in [0.25, 0.3) is 0 Å². The van der Waals surface area contributed by atoms with Gasteiger partial charge in [-0.15, -0.1) is 0 Å². The van der Waals surface area contributed by atoms with E-state index in [1.807, 2.05) is 0 Å². The molecule has 0 aromatic carbocycles. The summed E-state index contributed by atoms with van der Waals surface area (Å²) in [5.74, 6) is 0. The van der Waals surface area contributed by atoms with Gasteiger partial charge in [0, 0.05) is 6.61 Å². The van der Waals surface area contributed by atoms with Gasteiger partial charge in [-0.1, -0.05) is 26.7 Å². The summed E-state index contributed by atoms with van der Waals surface area (Å²) in [6.07, 6.45) is 3.03. The summed E-state index contributed by atoms with van der Waals surface area (Å²) in [5.41, 5.74) is 0. The summed E-state index contributed by atoms with van der Waals surface area (Å²) < 4.78 is 10.6. The molecular formula is C10H22O3. The minimum absolute atomic E-state index is 0.239. The first kappa shape index (κ1) is 12.9. The molecule has 2 unspecified atom stereocenters. The van der Waals surface area contributed by atoms with Crippen molar-refractivity contribution in [3.8, 4) is 0 Å². The van der Waals surface area contributed by atoms with Crippen LogP contribution in [0.3, 0.4) is 0 Å². The second-order valence-electron chi connectivity index (χ2n) is 3.18. The Morgan fingerprint density at radius 2 is 1.92 bits per heavy atom. The predicted molar refractivity (Wildman–Crippen MR) is 52.3 cm³/mol. The summed E-state index contributed by atoms with van der Waals surface area (Å²) in [6, 6.07) is 0. The van der Waals surface area contributed by atoms with Crippen LogP contribution in [-0.2, 0) is 9.47 Å². The van der Waals surface area contributed by atoms with Crippen molar-refractivity contribution >= 4 is 0 Å². The number of ether oxygens (including phenoxy) is 2. The van der Waals surface area contributed by atoms with Gasteiger partial charge in [0.15, 0.2) is 12.6 Å². The highest BCUT2D eigenvalue weighted by Crippen LogP contribution is 2.07. The maximum Gasteiger partial charge on any atom is 0.160 e. The van der Waals surface area contributed by atoms with Crippen LogP contribution in [0.1, 0.15) is 46.5 Å². The Kier molecular flexibility index (Phi) is 8.40. The third kappa shape index (κ3) is 8.22. The van der Waals surface area contributed by atoms with Gasteiger partial charge in [0.2, 0.25) is 0 Å². The second kappa shape index (κ2) is 8.48. The van der Waals surface area contributed by atoms with Gasteiger partial charge in [-0.2, -0.15) is 0 Å². The summed E-state index contributed by atoms with van der Waals surface area (Å²) in [6.45, 7) is 6.51. The van der Waals surface area contributed by atoms with E-state index in [1.165, 1.54) is 0 Å². The zero-order valence-corrected chi connectivity index (χ0v) is 8.95. The van der Waals surface area contributed by atoms with E-state index in [-0.39, 0.29) is 6.29 Å². The fourth-order valence-corrected chi connectivity index (χ4v) is 1.01. The van der Waals surface area contributed by atoms with E-state index >= 15 is 0 Å². The standard InChI is InChI=1S/C10H22O3/c1-4-6-8-12-10(7-5-2)13-9(3)11/h9-11H,4-8H2,1-3H3. The Bertz CT molecular complexity index is 104. The van der Waals surface area contributed by atoms with Crippen molar-refractivity contribution in [2.45, 2.75) is 59.0 Å². The van der Waals surface area contributed by atoms with Gasteiger partial charge in [-0.3, -0.25) is 0 Å². The van der Waals surface area contributed by atoms with Crippen LogP contribution in [-0.4, -0.2) is 24.3 Å². The molecule has 0 aliphatic heterocycles. The highest BCUT2D eigenvalue weighted by atomic mass is 16.7. The van der Waals surface area contributed by atoms with E-state index in [4.69, 9.17) is 14.6 Å². The number of hydrogen-bond donors (Lipinski definition) is 1. The molecule has 0 heterocycles. The Morgan fingerprint density at radius 1 is 1.23 bits per heavy atom. The molecule has 80 valence electrons. The van der Waals surface area contributed by atoms with Crippen LogP contribution in [0.5, 0.6) is 0 Å². The van der Waals surface area contributed by atoms with Crippen LogP contribution in [0, 0.1) is 0 Å². The molecule has 0 spiro atoms. The van der Waals surface area contributed by atoms with Crippen LogP contribution in [0.4, 0.5) is 0 Å². The van der Waals surface area contributed by atoms with Crippen molar-refractivity contribution in [1.82, 2.24) is 0 Å². The minimum Gasteiger partial charge on any atom is -0.368 e. The highest BCUT2D eigenvalue weighted by molar-refractivity contribution is 4.45. The van der Waals surface area contributed by atoms with Crippen LogP contribution in [0.25, 0.3) is 0 Å². The summed E-state index contributed by atoms with van der Waals surface area (Å²) in [5, 5.41) is 9.00. The maximum absolute atomic E-state index is 9.00. The van der Waals surface area contributed by atoms with E-state index in [2.05, 4.69) is 13.8 Å². The SMILES string of the molecule is CCCCOC(CCC)OC(C)O. The fourth-order valence-electron chi connectivity index (χ4n) is 1.01. The lowest BCUT2D eigenvalue weighted by atomic mass is 10.3. The molecule has 0 saturated heterocycles. The number of unbranched alkanes of at least 4 members (excludes halogenated alkanes) is 1. The summed E-state index contributed by atoms with van der Waals surface area (Å²) in [7, 11) is 0. The van der Waals surface area contributed by atoms with Crippen molar-refractivity contribution in [3.63, 3.8) is 0 Å². The Hall–Kier alpha value is -0.120. The van der Waals surface area contributed by atoms with Gasteiger partial charge < -0.3 is 14.6 Å². The molecule has 0 aromatic heterocycles. The smallest absolute Gasteiger partial charge is 0.160 e. The highest BCUT2D eigenvalue weighted by Gasteiger charge is 2.10. The average Bonchev–Trinajstić information content (AvgIpc) is 2.04. The molecule has 1 N–H and O–H groups in total. The Morgan fingerprint density at radius 3 is 2.38 bits per heavy atom. The molecule has 2 atom stereocenters. The summed E-state index contributed by atoms with van der Waals surface area (Å²) in [4.78, 5) is 0. The van der Waals surface area contributed by atoms with Crippen LogP contribution >= 0.6 is 0 Å². The van der Waals surface area contributed by atoms with E-state index in [0.717, 1.165) is 25.7 Å². The molecule has 0 aliphatic carbocycles. The van der Waals surface area contributed by atoms with Gasteiger partial charge in [-0.25, -0.2) is 0 Å². The van der Waals surface area contributed by atoms with Crippen molar-refractivity contribution in [1.29, 1.82) is 0 Å². The molecule has 13 heavy (non-hydrogen) atoms. The first-order chi connectivity index (χ1) is 6.20. The topological polar surface area (TPSA) is 38.7 Å². The Labute approximate surface area is 81.0 Å². The first-order valence-corrected chi connectivity index (χ1v) is 5.15. The number of hydrogen-bond acceptors (Lipinski definition) is 3. The van der Waals surface area contributed by atoms with Crippen LogP contribution in [0.15, 0.2) is 0 Å². The lowest BCUT2D eigenvalue weighted by molar-refractivity contribution is -0.224. The third-order valence-electron chi connectivity index (χ3n) is 1.67. The molecule has 0 radical (unpaired) electrons. The maximum atomic E-state index is 9.00. The van der Waals surface area contributed by atoms with Crippen LogP contribution in [0.2, 0.25) is 0 Å². The molecular weight excluding hydrogens is 168 g/mol. The zero-order valence-electron chi connectivity index (χ0n) is 8.95. The second-order valence-corrected chi connectivity index (χ2v) is 3.18. The molecule has 0 rings (SSSR count). The lowest BCUT2D eigenvalue weighted by Gasteiger charge is -2.19. The molecule has 0 fully saturated rings. The third-order valence-corrected chi connectivity index (χ3v) is 1.67. The van der Waals surface area contributed by atoms with Crippen LogP contribution < -0.4 is 0 Å². The average molecular weight is 190 g/mol. The summed E-state index contributed by atoms with van der Waals surface area (Å²) >= 11 is 0. The molecule has 0 amide bonds. The molecule has 0 bridgehead atoms. The zero-order chi connectivity index (χ0) is 10.1. The number of aliphatic hydroxyl groups is 1. The van der Waals surface area contributed by atoms with E-state index in [9.17, 15) is 0 Å². The van der Waals surface area contributed by atoms with Crippen molar-refractivity contribution in [3.05, 3.63) is 0 Å². The van der Waals surface area contributed by atoms with Crippen molar-refractivity contribution < 1.29 is 14.6 Å². The van der Waals surface area contributed by atoms with E-state index in [0.29, 0.717) is 6.61 Å². The van der Waals surface area contributed by atoms with E-state index < -0.39 is 6.29 Å². The molecule has 3 heteroatoms. The van der Waals surface area contributed by atoms with Crippen molar-refractivity contribution in [2.24, 2.45) is 0 Å². The Balaban J connectivity index is 3.53. The monoisotopic (exact) mass is 190 g/mol. The fraction of sp³-hybridized carbons (Fsp3) is 1.00. The van der Waals surface area contributed by atoms with E-state index in [1.54, 1.807) is 6.92 Å². The molecule has 0 saturated carbocycles. The minimum atomic E-state index is -0.738. The van der Waals surface area contributed by atoms with Gasteiger partial charge in [-0.05, 0) is 19.8 Å². The molecule has 0 aliphatic rings. The largest absolute Gasteiger partial charge is 0.368 e. The van der Waals surface area contributed by atoms with Crippen molar-refractivity contribution in [2.75, 3.05) is 6.61 Å². The van der Waals surface area contributed by atoms with Gasteiger partial charge in [0.1, 0.15) is 0 Å². The van der Waals surface area contributed by atoms with Gasteiger partial charge >= 0.3 is 0 Å².